The van der Waals surface area contributed by atoms with Gasteiger partial charge in [0.05, 0.1) is 11.3 Å². The van der Waals surface area contributed by atoms with Gasteiger partial charge in [0.25, 0.3) is 0 Å². The molecule has 13 heavy (non-hydrogen) atoms. The van der Waals surface area contributed by atoms with Gasteiger partial charge in [0.2, 0.25) is 0 Å². The van der Waals surface area contributed by atoms with Crippen LogP contribution in [0.25, 0.3) is 11.0 Å². The Kier molecular flexibility index (Phi) is 2.25. The van der Waals surface area contributed by atoms with Crippen LogP contribution in [0.2, 0.25) is 5.02 Å². The Hall–Kier alpha value is -0.990. The zero-order valence-corrected chi connectivity index (χ0v) is 8.06. The van der Waals surface area contributed by atoms with Crippen molar-refractivity contribution in [1.82, 2.24) is 5.32 Å². The van der Waals surface area contributed by atoms with Crippen molar-refractivity contribution in [2.45, 2.75) is 6.54 Å². The average Bonchev–Trinajstić information content (AvgIpc) is 2.58. The lowest BCUT2D eigenvalue weighted by atomic mass is 10.1. The molecule has 0 bridgehead atoms. The van der Waals surface area contributed by atoms with Crippen molar-refractivity contribution in [3.05, 3.63) is 35.0 Å². The summed E-state index contributed by atoms with van der Waals surface area (Å²) >= 11 is 6.16. The van der Waals surface area contributed by atoms with E-state index in [4.69, 9.17) is 16.0 Å². The van der Waals surface area contributed by atoms with Gasteiger partial charge in [-0.05, 0) is 24.7 Å². The Bertz CT molecular complexity index is 422. The van der Waals surface area contributed by atoms with Crippen molar-refractivity contribution in [3.63, 3.8) is 0 Å². The Labute approximate surface area is 81.5 Å². The molecule has 3 heteroatoms. The van der Waals surface area contributed by atoms with Crippen LogP contribution in [-0.4, -0.2) is 7.05 Å². The third-order valence-electron chi connectivity index (χ3n) is 2.02. The van der Waals surface area contributed by atoms with E-state index >= 15 is 0 Å². The molecular formula is C10H10ClNO. The van der Waals surface area contributed by atoms with E-state index in [1.807, 2.05) is 25.2 Å². The molecule has 0 fully saturated rings. The topological polar surface area (TPSA) is 25.2 Å². The summed E-state index contributed by atoms with van der Waals surface area (Å²) < 4.78 is 5.23. The summed E-state index contributed by atoms with van der Waals surface area (Å²) in [6, 6.07) is 5.80. The third kappa shape index (κ3) is 1.43. The summed E-state index contributed by atoms with van der Waals surface area (Å²) in [4.78, 5) is 0. The van der Waals surface area contributed by atoms with Crippen molar-refractivity contribution < 1.29 is 4.42 Å². The number of benzene rings is 1. The van der Waals surface area contributed by atoms with Gasteiger partial charge in [-0.1, -0.05) is 17.7 Å². The molecule has 0 atom stereocenters. The Balaban J connectivity index is 2.59. The van der Waals surface area contributed by atoms with Crippen LogP contribution in [-0.2, 0) is 6.54 Å². The minimum Gasteiger partial charge on any atom is -0.464 e. The molecule has 0 saturated carbocycles. The molecule has 1 aromatic heterocycles. The molecule has 2 nitrogen and oxygen atoms in total. The molecule has 2 aromatic rings. The Morgan fingerprint density at radius 2 is 2.23 bits per heavy atom. The lowest BCUT2D eigenvalue weighted by Gasteiger charge is -2.02. The molecule has 0 amide bonds. The van der Waals surface area contributed by atoms with Gasteiger partial charge in [-0.15, -0.1) is 0 Å². The van der Waals surface area contributed by atoms with Crippen LogP contribution in [0.5, 0.6) is 0 Å². The molecular weight excluding hydrogens is 186 g/mol. The second-order valence-corrected chi connectivity index (χ2v) is 3.28. The molecule has 0 radical (unpaired) electrons. The highest BCUT2D eigenvalue weighted by Gasteiger charge is 2.05. The third-order valence-corrected chi connectivity index (χ3v) is 2.46. The fourth-order valence-electron chi connectivity index (χ4n) is 1.38. The van der Waals surface area contributed by atoms with Crippen molar-refractivity contribution in [3.8, 4) is 0 Å². The number of nitrogens with one attached hydrogen (secondary N) is 1. The van der Waals surface area contributed by atoms with Gasteiger partial charge < -0.3 is 9.73 Å². The SMILES string of the molecule is CNCc1ccc2occc2c1Cl. The normalized spacial score (nSPS) is 10.9. The molecule has 68 valence electrons. The summed E-state index contributed by atoms with van der Waals surface area (Å²) in [7, 11) is 1.90. The molecule has 0 spiro atoms. The predicted molar refractivity (Wildman–Crippen MR) is 54.0 cm³/mol. The van der Waals surface area contributed by atoms with E-state index in [1.165, 1.54) is 0 Å². The van der Waals surface area contributed by atoms with Crippen LogP contribution >= 0.6 is 11.6 Å². The first kappa shape index (κ1) is 8.60. The Morgan fingerprint density at radius 3 is 3.00 bits per heavy atom. The van der Waals surface area contributed by atoms with Crippen LogP contribution in [0.1, 0.15) is 5.56 Å². The minimum absolute atomic E-state index is 0.778. The second-order valence-electron chi connectivity index (χ2n) is 2.90. The van der Waals surface area contributed by atoms with E-state index in [1.54, 1.807) is 6.26 Å². The second kappa shape index (κ2) is 3.40. The Morgan fingerprint density at radius 1 is 1.38 bits per heavy atom. The number of fused-ring (bicyclic) bond motifs is 1. The number of furan rings is 1. The van der Waals surface area contributed by atoms with Crippen LogP contribution in [0.3, 0.4) is 0 Å². The first-order chi connectivity index (χ1) is 6.33. The van der Waals surface area contributed by atoms with Crippen LogP contribution < -0.4 is 5.32 Å². The predicted octanol–water partition coefficient (Wildman–Crippen LogP) is 2.81. The van der Waals surface area contributed by atoms with Gasteiger partial charge >= 0.3 is 0 Å². The number of hydrogen-bond donors (Lipinski definition) is 1. The monoisotopic (exact) mass is 195 g/mol. The van der Waals surface area contributed by atoms with E-state index in [2.05, 4.69) is 5.32 Å². The first-order valence-electron chi connectivity index (χ1n) is 4.12. The van der Waals surface area contributed by atoms with E-state index < -0.39 is 0 Å². The quantitative estimate of drug-likeness (QED) is 0.797. The molecule has 0 aliphatic carbocycles. The highest BCUT2D eigenvalue weighted by Crippen LogP contribution is 2.27. The van der Waals surface area contributed by atoms with E-state index in [9.17, 15) is 0 Å². The zero-order chi connectivity index (χ0) is 9.26. The van der Waals surface area contributed by atoms with Gasteiger partial charge in [0.1, 0.15) is 5.58 Å². The number of halogens is 1. The summed E-state index contributed by atoms with van der Waals surface area (Å²) in [5.41, 5.74) is 1.93. The maximum absolute atomic E-state index is 6.16. The lowest BCUT2D eigenvalue weighted by Crippen LogP contribution is -2.05. The van der Waals surface area contributed by atoms with Gasteiger partial charge in [-0.2, -0.15) is 0 Å². The highest BCUT2D eigenvalue weighted by molar-refractivity contribution is 6.36. The maximum Gasteiger partial charge on any atom is 0.135 e. The average molecular weight is 196 g/mol. The summed E-state index contributed by atoms with van der Waals surface area (Å²) in [5, 5.41) is 4.83. The van der Waals surface area contributed by atoms with Gasteiger partial charge in [0.15, 0.2) is 0 Å². The fourth-order valence-corrected chi connectivity index (χ4v) is 1.67. The van der Waals surface area contributed by atoms with Crippen LogP contribution in [0.15, 0.2) is 28.9 Å². The molecule has 0 aliphatic rings. The van der Waals surface area contributed by atoms with Gasteiger partial charge in [-0.3, -0.25) is 0 Å². The van der Waals surface area contributed by atoms with E-state index in [-0.39, 0.29) is 0 Å². The molecule has 0 aliphatic heterocycles. The van der Waals surface area contributed by atoms with Crippen molar-refractivity contribution in [2.75, 3.05) is 7.05 Å². The zero-order valence-electron chi connectivity index (χ0n) is 7.30. The lowest BCUT2D eigenvalue weighted by molar-refractivity contribution is 0.615. The molecule has 0 saturated heterocycles. The maximum atomic E-state index is 6.16. The summed E-state index contributed by atoms with van der Waals surface area (Å²) in [6.45, 7) is 0.778. The van der Waals surface area contributed by atoms with Crippen molar-refractivity contribution >= 4 is 22.6 Å². The van der Waals surface area contributed by atoms with Crippen LogP contribution in [0, 0.1) is 0 Å². The van der Waals surface area contributed by atoms with E-state index in [0.717, 1.165) is 28.1 Å². The largest absolute Gasteiger partial charge is 0.464 e. The van der Waals surface area contributed by atoms with Crippen LogP contribution in [0.4, 0.5) is 0 Å². The smallest absolute Gasteiger partial charge is 0.135 e. The minimum atomic E-state index is 0.778. The molecule has 0 unspecified atom stereocenters. The van der Waals surface area contributed by atoms with Gasteiger partial charge in [-0.25, -0.2) is 0 Å². The summed E-state index contributed by atoms with van der Waals surface area (Å²) in [6.07, 6.45) is 1.65. The van der Waals surface area contributed by atoms with E-state index in [0.29, 0.717) is 0 Å². The standard InChI is InChI=1S/C10H10ClNO/c1-12-6-7-2-3-9-8(10(7)11)4-5-13-9/h2-5,12H,6H2,1H3. The molecule has 2 rings (SSSR count). The fraction of sp³-hybridized carbons (Fsp3) is 0.200. The molecule has 1 aromatic carbocycles. The molecule has 1 N–H and O–H groups in total. The summed E-state index contributed by atoms with van der Waals surface area (Å²) in [5.74, 6) is 0. The highest BCUT2D eigenvalue weighted by atomic mass is 35.5. The van der Waals surface area contributed by atoms with Crippen molar-refractivity contribution in [2.24, 2.45) is 0 Å². The van der Waals surface area contributed by atoms with Crippen molar-refractivity contribution in [1.29, 1.82) is 0 Å². The molecule has 1 heterocycles. The number of rotatable bonds is 2. The first-order valence-corrected chi connectivity index (χ1v) is 4.50. The number of hydrogen-bond acceptors (Lipinski definition) is 2. The van der Waals surface area contributed by atoms with Gasteiger partial charge in [0, 0.05) is 11.9 Å².